The molecule has 1 amide bonds. The van der Waals surface area contributed by atoms with Crippen molar-refractivity contribution in [3.8, 4) is 5.75 Å². The van der Waals surface area contributed by atoms with E-state index in [4.69, 9.17) is 27.9 Å². The van der Waals surface area contributed by atoms with E-state index < -0.39 is 17.7 Å². The molecule has 0 fully saturated rings. The van der Waals surface area contributed by atoms with E-state index >= 15 is 0 Å². The molecular formula is C17H15Cl2F2NO2. The Bertz CT molecular complexity index is 755. The molecule has 128 valence electrons. The summed E-state index contributed by atoms with van der Waals surface area (Å²) in [4.78, 5) is 13.7. The molecule has 2 aromatic carbocycles. The number of carbonyl (C=O) groups excluding carboxylic acids is 1. The third kappa shape index (κ3) is 4.36. The van der Waals surface area contributed by atoms with Gasteiger partial charge in [-0.2, -0.15) is 0 Å². The van der Waals surface area contributed by atoms with Crippen LogP contribution in [0.5, 0.6) is 5.75 Å². The lowest BCUT2D eigenvalue weighted by atomic mass is 10.2. The molecule has 3 nitrogen and oxygen atoms in total. The molecule has 0 saturated carbocycles. The number of ether oxygens (including phenoxy) is 1. The Morgan fingerprint density at radius 3 is 2.58 bits per heavy atom. The summed E-state index contributed by atoms with van der Waals surface area (Å²) in [5, 5.41) is 0.547. The highest BCUT2D eigenvalue weighted by atomic mass is 35.5. The highest BCUT2D eigenvalue weighted by molar-refractivity contribution is 6.42. The van der Waals surface area contributed by atoms with Crippen molar-refractivity contribution in [3.05, 3.63) is 63.6 Å². The zero-order chi connectivity index (χ0) is 17.9. The van der Waals surface area contributed by atoms with Crippen LogP contribution in [0.1, 0.15) is 12.5 Å². The molecule has 0 saturated heterocycles. The number of likely N-dealkylation sites (N-methyl/N-ethyl adjacent to an activating group) is 1. The number of carbonyl (C=O) groups is 1. The minimum absolute atomic E-state index is 0.118. The molecule has 2 aromatic rings. The van der Waals surface area contributed by atoms with Crippen molar-refractivity contribution in [1.29, 1.82) is 0 Å². The molecule has 24 heavy (non-hydrogen) atoms. The number of benzene rings is 2. The molecule has 0 aliphatic carbocycles. The van der Waals surface area contributed by atoms with E-state index in [1.54, 1.807) is 32.2 Å². The first kappa shape index (κ1) is 18.5. The van der Waals surface area contributed by atoms with E-state index in [1.165, 1.54) is 11.0 Å². The highest BCUT2D eigenvalue weighted by Gasteiger charge is 2.21. The second-order valence-corrected chi connectivity index (χ2v) is 6.04. The quantitative estimate of drug-likeness (QED) is 0.760. The van der Waals surface area contributed by atoms with E-state index in [9.17, 15) is 13.6 Å². The van der Waals surface area contributed by atoms with Gasteiger partial charge in [-0.15, -0.1) is 0 Å². The van der Waals surface area contributed by atoms with Crippen LogP contribution in [0.15, 0.2) is 36.4 Å². The molecule has 0 radical (unpaired) electrons. The van der Waals surface area contributed by atoms with Crippen molar-refractivity contribution in [2.75, 3.05) is 7.05 Å². The zero-order valence-corrected chi connectivity index (χ0v) is 14.5. The van der Waals surface area contributed by atoms with Gasteiger partial charge in [0.25, 0.3) is 5.91 Å². The van der Waals surface area contributed by atoms with Gasteiger partial charge in [-0.1, -0.05) is 35.3 Å². The van der Waals surface area contributed by atoms with Crippen molar-refractivity contribution >= 4 is 29.1 Å². The van der Waals surface area contributed by atoms with Gasteiger partial charge in [-0.25, -0.2) is 8.78 Å². The zero-order valence-electron chi connectivity index (χ0n) is 13.0. The van der Waals surface area contributed by atoms with Crippen LogP contribution < -0.4 is 4.74 Å². The minimum Gasteiger partial charge on any atom is -0.479 e. The average molecular weight is 374 g/mol. The largest absolute Gasteiger partial charge is 0.479 e. The summed E-state index contributed by atoms with van der Waals surface area (Å²) in [7, 11) is 1.54. The number of amides is 1. The predicted molar refractivity (Wildman–Crippen MR) is 89.4 cm³/mol. The van der Waals surface area contributed by atoms with Crippen molar-refractivity contribution in [2.45, 2.75) is 19.6 Å². The van der Waals surface area contributed by atoms with Crippen LogP contribution in [-0.4, -0.2) is 24.0 Å². The van der Waals surface area contributed by atoms with Crippen LogP contribution in [0, 0.1) is 11.6 Å². The molecule has 0 bridgehead atoms. The van der Waals surface area contributed by atoms with Gasteiger partial charge in [0.1, 0.15) is 10.8 Å². The minimum atomic E-state index is -0.955. The maximum atomic E-state index is 13.2. The predicted octanol–water partition coefficient (Wildman–Crippen LogP) is 4.70. The van der Waals surface area contributed by atoms with Crippen LogP contribution in [0.4, 0.5) is 8.78 Å². The third-order valence-corrected chi connectivity index (χ3v) is 4.15. The van der Waals surface area contributed by atoms with Gasteiger partial charge >= 0.3 is 0 Å². The van der Waals surface area contributed by atoms with Crippen LogP contribution in [0.3, 0.4) is 0 Å². The molecule has 0 aromatic heterocycles. The second kappa shape index (κ2) is 7.81. The van der Waals surface area contributed by atoms with Gasteiger partial charge < -0.3 is 9.64 Å². The van der Waals surface area contributed by atoms with E-state index in [0.29, 0.717) is 16.3 Å². The lowest BCUT2D eigenvalue weighted by Crippen LogP contribution is -2.37. The number of rotatable bonds is 5. The van der Waals surface area contributed by atoms with E-state index in [0.717, 1.165) is 12.1 Å². The van der Waals surface area contributed by atoms with Gasteiger partial charge in [0, 0.05) is 13.6 Å². The first-order valence-corrected chi connectivity index (χ1v) is 7.84. The topological polar surface area (TPSA) is 29.5 Å². The Hall–Kier alpha value is -1.85. The van der Waals surface area contributed by atoms with Crippen molar-refractivity contribution in [3.63, 3.8) is 0 Å². The van der Waals surface area contributed by atoms with Crippen LogP contribution in [-0.2, 0) is 11.3 Å². The second-order valence-electron chi connectivity index (χ2n) is 5.25. The fourth-order valence-corrected chi connectivity index (χ4v) is 2.45. The number of halogens is 4. The summed E-state index contributed by atoms with van der Waals surface area (Å²) in [6, 6.07) is 8.37. The molecule has 1 atom stereocenters. The summed E-state index contributed by atoms with van der Waals surface area (Å²) >= 11 is 11.9. The molecule has 0 aliphatic rings. The Morgan fingerprint density at radius 1 is 1.21 bits per heavy atom. The Morgan fingerprint density at radius 2 is 1.92 bits per heavy atom. The van der Waals surface area contributed by atoms with Gasteiger partial charge in [-0.05, 0) is 36.8 Å². The van der Waals surface area contributed by atoms with Crippen LogP contribution in [0.25, 0.3) is 0 Å². The summed E-state index contributed by atoms with van der Waals surface area (Å²) in [6.07, 6.45) is -0.823. The first-order chi connectivity index (χ1) is 11.3. The number of hydrogen-bond donors (Lipinski definition) is 0. The molecule has 0 aliphatic heterocycles. The lowest BCUT2D eigenvalue weighted by molar-refractivity contribution is -0.137. The summed E-state index contributed by atoms with van der Waals surface area (Å²) in [6.45, 7) is 1.69. The molecular weight excluding hydrogens is 359 g/mol. The molecule has 0 heterocycles. The molecule has 0 spiro atoms. The van der Waals surface area contributed by atoms with Gasteiger partial charge in [0.2, 0.25) is 0 Å². The third-order valence-electron chi connectivity index (χ3n) is 3.35. The summed E-state index contributed by atoms with van der Waals surface area (Å²) in [5.41, 5.74) is 0.470. The number of nitrogens with zero attached hydrogens (tertiary/aromatic N) is 1. The Labute approximate surface area is 148 Å². The van der Waals surface area contributed by atoms with Gasteiger partial charge in [0.15, 0.2) is 17.7 Å². The molecule has 2 rings (SSSR count). The molecule has 1 unspecified atom stereocenters. The van der Waals surface area contributed by atoms with Crippen molar-refractivity contribution in [1.82, 2.24) is 4.90 Å². The molecule has 7 heteroatoms. The monoisotopic (exact) mass is 373 g/mol. The van der Waals surface area contributed by atoms with Crippen LogP contribution in [0.2, 0.25) is 10.0 Å². The van der Waals surface area contributed by atoms with Crippen LogP contribution >= 0.6 is 23.2 Å². The van der Waals surface area contributed by atoms with Gasteiger partial charge in [0.05, 0.1) is 5.02 Å². The van der Waals surface area contributed by atoms with E-state index in [-0.39, 0.29) is 17.5 Å². The smallest absolute Gasteiger partial charge is 0.263 e. The number of hydrogen-bond acceptors (Lipinski definition) is 2. The Kier molecular flexibility index (Phi) is 6.02. The standard InChI is InChI=1S/C17H15Cl2F2NO2/c1-10(24-15-5-3-4-12(18)16(15)19)17(23)22(2)9-11-6-7-13(20)14(21)8-11/h3-8,10H,9H2,1-2H3. The first-order valence-electron chi connectivity index (χ1n) is 7.09. The highest BCUT2D eigenvalue weighted by Crippen LogP contribution is 2.32. The summed E-state index contributed by atoms with van der Waals surface area (Å²) in [5.74, 6) is -1.93. The maximum absolute atomic E-state index is 13.2. The van der Waals surface area contributed by atoms with E-state index in [1.807, 2.05) is 0 Å². The summed E-state index contributed by atoms with van der Waals surface area (Å²) < 4.78 is 31.7. The maximum Gasteiger partial charge on any atom is 0.263 e. The van der Waals surface area contributed by atoms with Crippen molar-refractivity contribution in [2.24, 2.45) is 0 Å². The normalized spacial score (nSPS) is 11.9. The fourth-order valence-electron chi connectivity index (χ4n) is 2.12. The van der Waals surface area contributed by atoms with Gasteiger partial charge in [-0.3, -0.25) is 4.79 Å². The van der Waals surface area contributed by atoms with Crippen molar-refractivity contribution < 1.29 is 18.3 Å². The lowest BCUT2D eigenvalue weighted by Gasteiger charge is -2.22. The van der Waals surface area contributed by atoms with E-state index in [2.05, 4.69) is 0 Å². The Balaban J connectivity index is 2.03. The SMILES string of the molecule is CC(Oc1cccc(Cl)c1Cl)C(=O)N(C)Cc1ccc(F)c(F)c1. The fraction of sp³-hybridized carbons (Fsp3) is 0.235. The average Bonchev–Trinajstić information content (AvgIpc) is 2.54. The molecule has 0 N–H and O–H groups in total.